The fourth-order valence-corrected chi connectivity index (χ4v) is 1.28. The van der Waals surface area contributed by atoms with Gasteiger partial charge in [-0.1, -0.05) is 13.2 Å². The highest BCUT2D eigenvalue weighted by atomic mass is 15.0. The molecule has 0 radical (unpaired) electrons. The van der Waals surface area contributed by atoms with Gasteiger partial charge in [-0.15, -0.1) is 0 Å². The zero-order valence-corrected chi connectivity index (χ0v) is 5.69. The molecule has 1 aliphatic heterocycles. The molecule has 0 N–H and O–H groups in total. The van der Waals surface area contributed by atoms with Crippen molar-refractivity contribution < 1.29 is 0 Å². The minimum Gasteiger partial charge on any atom is -0.345 e. The molecule has 1 fully saturated rings. The maximum atomic E-state index is 2.52. The highest BCUT2D eigenvalue weighted by Gasteiger charge is 2.06. The first-order chi connectivity index (χ1) is 3.93. The lowest BCUT2D eigenvalue weighted by atomic mass is 9.92. The molecule has 0 saturated carbocycles. The Balaban J connectivity index is 2.13. The van der Waals surface area contributed by atoms with E-state index in [2.05, 4.69) is 11.6 Å². The van der Waals surface area contributed by atoms with Crippen LogP contribution in [0.15, 0.2) is 0 Å². The summed E-state index contributed by atoms with van der Waals surface area (Å²) in [5, 5.41) is 0. The van der Waals surface area contributed by atoms with Crippen LogP contribution in [0.1, 0.15) is 19.3 Å². The molecule has 0 spiro atoms. The summed E-state index contributed by atoms with van der Waals surface area (Å²) >= 11 is 0. The normalized spacial score (nSPS) is 23.1. The van der Waals surface area contributed by atoms with E-state index in [0.717, 1.165) is 0 Å². The second-order valence-electron chi connectivity index (χ2n) is 2.49. The van der Waals surface area contributed by atoms with Crippen LogP contribution in [0.4, 0.5) is 0 Å². The summed E-state index contributed by atoms with van der Waals surface area (Å²) in [7, 11) is 1.25. The molecule has 0 unspecified atom stereocenters. The number of hydrogen-bond acceptors (Lipinski definition) is 1. The van der Waals surface area contributed by atoms with Crippen molar-refractivity contribution in [3.8, 4) is 0 Å². The summed E-state index contributed by atoms with van der Waals surface area (Å²) in [6.07, 6.45) is 4.30. The van der Waals surface area contributed by atoms with E-state index in [-0.39, 0.29) is 0 Å². The summed E-state index contributed by atoms with van der Waals surface area (Å²) in [5.41, 5.74) is 0. The van der Waals surface area contributed by atoms with Crippen LogP contribution in [-0.4, -0.2) is 25.3 Å². The van der Waals surface area contributed by atoms with Gasteiger partial charge in [0, 0.05) is 0 Å². The van der Waals surface area contributed by atoms with Gasteiger partial charge >= 0.3 is 0 Å². The average molecular weight is 111 g/mol. The van der Waals surface area contributed by atoms with E-state index in [1.807, 2.05) is 0 Å². The fraction of sp³-hybridized carbons (Fsp3) is 1.00. The monoisotopic (exact) mass is 111 g/mol. The van der Waals surface area contributed by atoms with E-state index in [9.17, 15) is 0 Å². The Bertz CT molecular complexity index is 59.5. The van der Waals surface area contributed by atoms with Crippen LogP contribution in [0.3, 0.4) is 0 Å². The van der Waals surface area contributed by atoms with Gasteiger partial charge in [0.2, 0.25) is 7.41 Å². The molecule has 46 valence electrons. The molecule has 1 rings (SSSR count). The fourth-order valence-electron chi connectivity index (χ4n) is 1.28. The molecule has 8 heavy (non-hydrogen) atoms. The molecule has 0 aromatic carbocycles. The van der Waals surface area contributed by atoms with E-state index in [4.69, 9.17) is 0 Å². The first-order valence-corrected chi connectivity index (χ1v) is 3.66. The molecule has 1 heterocycles. The SMILES string of the molecule is CBN1CCCCC1. The van der Waals surface area contributed by atoms with Gasteiger partial charge in [0.15, 0.2) is 0 Å². The van der Waals surface area contributed by atoms with Crippen molar-refractivity contribution in [2.75, 3.05) is 13.1 Å². The Morgan fingerprint density at radius 1 is 1.12 bits per heavy atom. The van der Waals surface area contributed by atoms with Gasteiger partial charge in [0.1, 0.15) is 0 Å². The highest BCUT2D eigenvalue weighted by Crippen LogP contribution is 2.05. The molecule has 0 amide bonds. The van der Waals surface area contributed by atoms with Gasteiger partial charge in [-0.3, -0.25) is 0 Å². The van der Waals surface area contributed by atoms with Gasteiger partial charge < -0.3 is 4.81 Å². The van der Waals surface area contributed by atoms with E-state index in [0.29, 0.717) is 0 Å². The standard InChI is InChI=1S/C6H14BN/c1-7-8-5-3-2-4-6-8/h7H,2-6H2,1H3. The summed E-state index contributed by atoms with van der Waals surface area (Å²) < 4.78 is 0. The summed E-state index contributed by atoms with van der Waals surface area (Å²) in [5.74, 6) is 0. The van der Waals surface area contributed by atoms with Gasteiger partial charge in [-0.25, -0.2) is 0 Å². The summed E-state index contributed by atoms with van der Waals surface area (Å²) in [6, 6.07) is 0. The summed E-state index contributed by atoms with van der Waals surface area (Å²) in [4.78, 5) is 2.52. The second kappa shape index (κ2) is 3.13. The molecule has 0 aromatic heterocycles. The van der Waals surface area contributed by atoms with Crippen molar-refractivity contribution in [2.24, 2.45) is 0 Å². The van der Waals surface area contributed by atoms with Crippen molar-refractivity contribution in [1.82, 2.24) is 4.81 Å². The van der Waals surface area contributed by atoms with Gasteiger partial charge in [0.05, 0.1) is 0 Å². The second-order valence-corrected chi connectivity index (χ2v) is 2.49. The van der Waals surface area contributed by atoms with Crippen LogP contribution >= 0.6 is 0 Å². The molecule has 0 aliphatic carbocycles. The Morgan fingerprint density at radius 2 is 1.75 bits per heavy atom. The third kappa shape index (κ3) is 1.51. The smallest absolute Gasteiger partial charge is 0.201 e. The van der Waals surface area contributed by atoms with Crippen LogP contribution in [0, 0.1) is 0 Å². The molecule has 0 atom stereocenters. The Morgan fingerprint density at radius 3 is 2.12 bits per heavy atom. The first-order valence-electron chi connectivity index (χ1n) is 3.66. The molecule has 0 bridgehead atoms. The van der Waals surface area contributed by atoms with Crippen LogP contribution in [-0.2, 0) is 0 Å². The lowest BCUT2D eigenvalue weighted by Crippen LogP contribution is -2.31. The molecule has 1 saturated heterocycles. The minimum absolute atomic E-state index is 1.25. The summed E-state index contributed by atoms with van der Waals surface area (Å²) in [6.45, 7) is 4.93. The Hall–Kier alpha value is 0.0249. The van der Waals surface area contributed by atoms with E-state index in [1.54, 1.807) is 0 Å². The largest absolute Gasteiger partial charge is 0.345 e. The number of hydrogen-bond donors (Lipinski definition) is 0. The van der Waals surface area contributed by atoms with Gasteiger partial charge in [0.25, 0.3) is 0 Å². The molecule has 1 nitrogen and oxygen atoms in total. The van der Waals surface area contributed by atoms with Crippen molar-refractivity contribution in [3.63, 3.8) is 0 Å². The third-order valence-corrected chi connectivity index (χ3v) is 1.90. The first kappa shape index (κ1) is 6.15. The zero-order valence-electron chi connectivity index (χ0n) is 5.69. The van der Waals surface area contributed by atoms with Crippen molar-refractivity contribution >= 4 is 7.41 Å². The van der Waals surface area contributed by atoms with E-state index in [1.165, 1.54) is 39.8 Å². The highest BCUT2D eigenvalue weighted by molar-refractivity contribution is 6.29. The van der Waals surface area contributed by atoms with Gasteiger partial charge in [-0.05, 0) is 25.9 Å². The van der Waals surface area contributed by atoms with Crippen LogP contribution in [0.25, 0.3) is 0 Å². The third-order valence-electron chi connectivity index (χ3n) is 1.90. The van der Waals surface area contributed by atoms with Gasteiger partial charge in [-0.2, -0.15) is 0 Å². The maximum absolute atomic E-state index is 2.52. The predicted molar refractivity (Wildman–Crippen MR) is 38.4 cm³/mol. The average Bonchev–Trinajstić information content (AvgIpc) is 1.90. The molecular formula is C6H14BN. The topological polar surface area (TPSA) is 3.24 Å². The van der Waals surface area contributed by atoms with Crippen LogP contribution < -0.4 is 0 Å². The van der Waals surface area contributed by atoms with Crippen LogP contribution in [0.5, 0.6) is 0 Å². The van der Waals surface area contributed by atoms with Crippen molar-refractivity contribution in [3.05, 3.63) is 0 Å². The zero-order chi connectivity index (χ0) is 5.82. The molecular weight excluding hydrogens is 96.9 g/mol. The van der Waals surface area contributed by atoms with E-state index < -0.39 is 0 Å². The minimum atomic E-state index is 1.25. The lowest BCUT2D eigenvalue weighted by molar-refractivity contribution is 0.361. The number of nitrogens with zero attached hydrogens (tertiary/aromatic N) is 1. The van der Waals surface area contributed by atoms with Crippen molar-refractivity contribution in [2.45, 2.75) is 26.1 Å². The Labute approximate surface area is 52.3 Å². The quantitative estimate of drug-likeness (QED) is 0.454. The number of piperidine rings is 1. The van der Waals surface area contributed by atoms with Crippen LogP contribution in [0.2, 0.25) is 6.82 Å². The molecule has 0 aromatic rings. The Kier molecular flexibility index (Phi) is 2.41. The van der Waals surface area contributed by atoms with E-state index >= 15 is 0 Å². The molecule has 1 aliphatic rings. The maximum Gasteiger partial charge on any atom is 0.201 e. The number of rotatable bonds is 1. The predicted octanol–water partition coefficient (Wildman–Crippen LogP) is 0.872. The lowest BCUT2D eigenvalue weighted by Gasteiger charge is -2.24. The molecule has 2 heteroatoms. The van der Waals surface area contributed by atoms with Crippen molar-refractivity contribution in [1.29, 1.82) is 0 Å².